The van der Waals surface area contributed by atoms with Gasteiger partial charge in [-0.1, -0.05) is 18.2 Å². The van der Waals surface area contributed by atoms with E-state index in [4.69, 9.17) is 9.47 Å². The van der Waals surface area contributed by atoms with Crippen LogP contribution in [0.25, 0.3) is 0 Å². The number of rotatable bonds is 4. The van der Waals surface area contributed by atoms with Gasteiger partial charge in [-0.15, -0.1) is 0 Å². The van der Waals surface area contributed by atoms with Crippen LogP contribution < -0.4 is 14.2 Å². The van der Waals surface area contributed by atoms with Gasteiger partial charge in [-0.2, -0.15) is 0 Å². The average Bonchev–Trinajstić information content (AvgIpc) is 2.80. The molecule has 0 aromatic heterocycles. The molecule has 114 valence electrons. The summed E-state index contributed by atoms with van der Waals surface area (Å²) in [5, 5.41) is 0. The quantitative estimate of drug-likeness (QED) is 0.936. The van der Waals surface area contributed by atoms with Crippen LogP contribution in [0, 0.1) is 0 Å². The molecule has 0 saturated carbocycles. The largest absolute Gasteiger partial charge is 0.485 e. The molecule has 0 saturated heterocycles. The van der Waals surface area contributed by atoms with Gasteiger partial charge in [0.15, 0.2) is 12.4 Å². The van der Waals surface area contributed by atoms with Gasteiger partial charge in [-0.05, 0) is 18.2 Å². The Balaban J connectivity index is 2.05. The second-order valence-corrected chi connectivity index (χ2v) is 6.59. The van der Waals surface area contributed by atoms with Crippen molar-refractivity contribution in [3.63, 3.8) is 0 Å². The van der Waals surface area contributed by atoms with Crippen molar-refractivity contribution in [1.82, 2.24) is 0 Å². The Morgan fingerprint density at radius 1 is 1.18 bits per heavy atom. The molecule has 1 aliphatic rings. The van der Waals surface area contributed by atoms with Crippen molar-refractivity contribution in [3.8, 4) is 17.2 Å². The van der Waals surface area contributed by atoms with Crippen molar-refractivity contribution in [1.29, 1.82) is 0 Å². The predicted octanol–water partition coefficient (Wildman–Crippen LogP) is 2.43. The van der Waals surface area contributed by atoms with Gasteiger partial charge in [0.05, 0.1) is 17.5 Å². The number of anilines is 1. The number of ketones is 1. The van der Waals surface area contributed by atoms with E-state index in [1.54, 1.807) is 24.3 Å². The molecule has 0 unspecified atom stereocenters. The van der Waals surface area contributed by atoms with Crippen LogP contribution in [0.5, 0.6) is 17.2 Å². The van der Waals surface area contributed by atoms with Gasteiger partial charge < -0.3 is 9.47 Å². The van der Waals surface area contributed by atoms with E-state index in [1.807, 2.05) is 6.07 Å². The molecule has 22 heavy (non-hydrogen) atoms. The van der Waals surface area contributed by atoms with E-state index in [0.29, 0.717) is 17.1 Å². The normalized spacial score (nSPS) is 13.4. The lowest BCUT2D eigenvalue weighted by Gasteiger charge is -2.13. The first-order valence-electron chi connectivity index (χ1n) is 6.47. The average molecular weight is 319 g/mol. The zero-order valence-electron chi connectivity index (χ0n) is 11.7. The van der Waals surface area contributed by atoms with Crippen molar-refractivity contribution >= 4 is 21.5 Å². The smallest absolute Gasteiger partial charge is 0.229 e. The number of sulfonamides is 1. The van der Waals surface area contributed by atoms with Crippen LogP contribution in [0.4, 0.5) is 5.69 Å². The van der Waals surface area contributed by atoms with Crippen LogP contribution >= 0.6 is 0 Å². The Kier molecular flexibility index (Phi) is 3.50. The Morgan fingerprint density at radius 2 is 1.91 bits per heavy atom. The molecule has 7 heteroatoms. The molecule has 0 atom stereocenters. The fourth-order valence-electron chi connectivity index (χ4n) is 2.10. The molecule has 0 bridgehead atoms. The lowest BCUT2D eigenvalue weighted by molar-refractivity contribution is 0.0961. The third-order valence-corrected chi connectivity index (χ3v) is 3.60. The van der Waals surface area contributed by atoms with Crippen LogP contribution in [0.15, 0.2) is 42.5 Å². The standard InChI is InChI=1S/C15H13NO5S/c1-22(18,19)16-12-8-14-11(13(17)9-20-14)7-15(12)21-10-5-3-2-4-6-10/h2-8,16H,9H2,1H3. The number of carbonyl (C=O) groups excluding carboxylic acids is 1. The van der Waals surface area contributed by atoms with E-state index in [2.05, 4.69) is 4.72 Å². The topological polar surface area (TPSA) is 81.7 Å². The van der Waals surface area contributed by atoms with E-state index >= 15 is 0 Å². The molecule has 1 heterocycles. The van der Waals surface area contributed by atoms with Crippen molar-refractivity contribution < 1.29 is 22.7 Å². The number of fused-ring (bicyclic) bond motifs is 1. The summed E-state index contributed by atoms with van der Waals surface area (Å²) < 4.78 is 36.3. The van der Waals surface area contributed by atoms with E-state index in [9.17, 15) is 13.2 Å². The first-order chi connectivity index (χ1) is 10.4. The number of hydrogen-bond acceptors (Lipinski definition) is 5. The summed E-state index contributed by atoms with van der Waals surface area (Å²) in [6.45, 7) is -0.0531. The zero-order valence-corrected chi connectivity index (χ0v) is 12.5. The summed E-state index contributed by atoms with van der Waals surface area (Å²) in [6, 6.07) is 11.8. The Morgan fingerprint density at radius 3 is 2.59 bits per heavy atom. The van der Waals surface area contributed by atoms with Crippen LogP contribution in [0.3, 0.4) is 0 Å². The van der Waals surface area contributed by atoms with Gasteiger partial charge in [0.25, 0.3) is 0 Å². The van der Waals surface area contributed by atoms with Crippen molar-refractivity contribution in [3.05, 3.63) is 48.0 Å². The summed E-state index contributed by atoms with van der Waals surface area (Å²) >= 11 is 0. The molecule has 1 N–H and O–H groups in total. The van der Waals surface area contributed by atoms with Gasteiger partial charge >= 0.3 is 0 Å². The minimum Gasteiger partial charge on any atom is -0.485 e. The molecule has 3 rings (SSSR count). The predicted molar refractivity (Wildman–Crippen MR) is 81.3 cm³/mol. The number of nitrogens with one attached hydrogen (secondary N) is 1. The number of carbonyl (C=O) groups is 1. The minimum absolute atomic E-state index is 0.0531. The zero-order chi connectivity index (χ0) is 15.7. The summed E-state index contributed by atoms with van der Waals surface area (Å²) in [4.78, 5) is 11.7. The van der Waals surface area contributed by atoms with Crippen molar-refractivity contribution in [2.75, 3.05) is 17.6 Å². The number of Topliss-reactive ketones (excluding diaryl/α,β-unsaturated/α-hetero) is 1. The molecular weight excluding hydrogens is 306 g/mol. The Labute approximate surface area is 127 Å². The lowest BCUT2D eigenvalue weighted by atomic mass is 10.1. The van der Waals surface area contributed by atoms with E-state index in [1.165, 1.54) is 12.1 Å². The first kappa shape index (κ1) is 14.4. The summed E-state index contributed by atoms with van der Waals surface area (Å²) in [6.07, 6.45) is 1.04. The summed E-state index contributed by atoms with van der Waals surface area (Å²) in [5.74, 6) is 0.954. The van der Waals surface area contributed by atoms with E-state index in [-0.39, 0.29) is 23.8 Å². The molecule has 0 radical (unpaired) electrons. The molecule has 0 fully saturated rings. The van der Waals surface area contributed by atoms with Gasteiger partial charge in [0, 0.05) is 6.07 Å². The van der Waals surface area contributed by atoms with Crippen molar-refractivity contribution in [2.45, 2.75) is 0 Å². The summed E-state index contributed by atoms with van der Waals surface area (Å²) in [5.41, 5.74) is 0.602. The number of ether oxygens (including phenoxy) is 2. The van der Waals surface area contributed by atoms with Gasteiger partial charge in [0.1, 0.15) is 11.5 Å². The van der Waals surface area contributed by atoms with Crippen LogP contribution in [-0.2, 0) is 10.0 Å². The highest BCUT2D eigenvalue weighted by atomic mass is 32.2. The second kappa shape index (κ2) is 5.34. The van der Waals surface area contributed by atoms with Crippen LogP contribution in [-0.4, -0.2) is 27.1 Å². The van der Waals surface area contributed by atoms with Gasteiger partial charge in [-0.25, -0.2) is 8.42 Å². The van der Waals surface area contributed by atoms with E-state index < -0.39 is 10.0 Å². The van der Waals surface area contributed by atoms with Crippen LogP contribution in [0.2, 0.25) is 0 Å². The Hall–Kier alpha value is -2.54. The first-order valence-corrected chi connectivity index (χ1v) is 8.36. The highest BCUT2D eigenvalue weighted by Crippen LogP contribution is 2.38. The molecule has 0 spiro atoms. The minimum atomic E-state index is -3.49. The lowest BCUT2D eigenvalue weighted by Crippen LogP contribution is -2.10. The van der Waals surface area contributed by atoms with E-state index in [0.717, 1.165) is 6.26 Å². The van der Waals surface area contributed by atoms with Gasteiger partial charge in [-0.3, -0.25) is 9.52 Å². The SMILES string of the molecule is CS(=O)(=O)Nc1cc2c(cc1Oc1ccccc1)C(=O)CO2. The highest BCUT2D eigenvalue weighted by molar-refractivity contribution is 7.92. The molecule has 2 aromatic carbocycles. The maximum atomic E-state index is 11.7. The molecule has 0 aliphatic carbocycles. The van der Waals surface area contributed by atoms with Crippen molar-refractivity contribution in [2.24, 2.45) is 0 Å². The fraction of sp³-hybridized carbons (Fsp3) is 0.133. The number of para-hydroxylation sites is 1. The fourth-order valence-corrected chi connectivity index (χ4v) is 2.66. The highest BCUT2D eigenvalue weighted by Gasteiger charge is 2.25. The van der Waals surface area contributed by atoms with Crippen LogP contribution in [0.1, 0.15) is 10.4 Å². The molecule has 2 aromatic rings. The monoisotopic (exact) mass is 319 g/mol. The molecule has 1 aliphatic heterocycles. The molecule has 6 nitrogen and oxygen atoms in total. The maximum absolute atomic E-state index is 11.7. The molecule has 0 amide bonds. The second-order valence-electron chi connectivity index (χ2n) is 4.85. The Bertz CT molecular complexity index is 831. The maximum Gasteiger partial charge on any atom is 0.229 e. The number of hydrogen-bond donors (Lipinski definition) is 1. The van der Waals surface area contributed by atoms with Gasteiger partial charge in [0.2, 0.25) is 15.8 Å². The summed E-state index contributed by atoms with van der Waals surface area (Å²) in [7, 11) is -3.49. The number of benzene rings is 2. The third kappa shape index (κ3) is 3.04. The molecular formula is C15H13NO5S. The third-order valence-electron chi connectivity index (χ3n) is 3.01.